The number of allylic oxidation sites excluding steroid dienone is 2. The van der Waals surface area contributed by atoms with Gasteiger partial charge in [-0.2, -0.15) is 0 Å². The Kier molecular flexibility index (Phi) is 4.63. The van der Waals surface area contributed by atoms with Crippen LogP contribution < -0.4 is 0 Å². The second kappa shape index (κ2) is 5.76. The van der Waals surface area contributed by atoms with Crippen molar-refractivity contribution in [3.8, 4) is 0 Å². The van der Waals surface area contributed by atoms with E-state index < -0.39 is 0 Å². The smallest absolute Gasteiger partial charge is 0.123 e. The SMILES string of the molecule is C=C(CC)S/C=C(\C)c1ccc(F)cc1. The van der Waals surface area contributed by atoms with Crippen molar-refractivity contribution >= 4 is 17.3 Å². The highest BCUT2D eigenvalue weighted by Crippen LogP contribution is 2.24. The summed E-state index contributed by atoms with van der Waals surface area (Å²) < 4.78 is 12.7. The Balaban J connectivity index is 2.71. The summed E-state index contributed by atoms with van der Waals surface area (Å²) in [6.07, 6.45) is 0.970. The number of hydrogen-bond acceptors (Lipinski definition) is 1. The lowest BCUT2D eigenvalue weighted by Crippen LogP contribution is -1.79. The summed E-state index contributed by atoms with van der Waals surface area (Å²) in [5.74, 6) is -0.197. The summed E-state index contributed by atoms with van der Waals surface area (Å²) in [5, 5.41) is 2.05. The second-order valence-electron chi connectivity index (χ2n) is 3.32. The number of benzene rings is 1. The van der Waals surface area contributed by atoms with Crippen LogP contribution in [0.4, 0.5) is 4.39 Å². The average Bonchev–Trinajstić information content (AvgIpc) is 2.26. The van der Waals surface area contributed by atoms with Crippen LogP contribution in [-0.4, -0.2) is 0 Å². The third-order valence-electron chi connectivity index (χ3n) is 2.10. The average molecular weight is 222 g/mol. The third-order valence-corrected chi connectivity index (χ3v) is 3.19. The van der Waals surface area contributed by atoms with E-state index >= 15 is 0 Å². The van der Waals surface area contributed by atoms with Gasteiger partial charge >= 0.3 is 0 Å². The van der Waals surface area contributed by atoms with E-state index in [4.69, 9.17) is 0 Å². The van der Waals surface area contributed by atoms with Crippen LogP contribution in [0.25, 0.3) is 5.57 Å². The Morgan fingerprint density at radius 3 is 2.53 bits per heavy atom. The van der Waals surface area contributed by atoms with E-state index in [0.717, 1.165) is 22.5 Å². The molecule has 0 N–H and O–H groups in total. The minimum atomic E-state index is -0.197. The van der Waals surface area contributed by atoms with Crippen molar-refractivity contribution in [1.29, 1.82) is 0 Å². The molecule has 0 aromatic heterocycles. The van der Waals surface area contributed by atoms with Crippen LogP contribution in [0.5, 0.6) is 0 Å². The number of thioether (sulfide) groups is 1. The fraction of sp³-hybridized carbons (Fsp3) is 0.231. The predicted octanol–water partition coefficient (Wildman–Crippen LogP) is 4.84. The van der Waals surface area contributed by atoms with Gasteiger partial charge in [-0.15, -0.1) is 11.8 Å². The van der Waals surface area contributed by atoms with E-state index in [9.17, 15) is 4.39 Å². The fourth-order valence-electron chi connectivity index (χ4n) is 1.04. The highest BCUT2D eigenvalue weighted by atomic mass is 32.2. The maximum Gasteiger partial charge on any atom is 0.123 e. The van der Waals surface area contributed by atoms with Crippen molar-refractivity contribution in [2.24, 2.45) is 0 Å². The number of rotatable bonds is 4. The highest BCUT2D eigenvalue weighted by Gasteiger charge is 1.96. The van der Waals surface area contributed by atoms with Gasteiger partial charge in [0.2, 0.25) is 0 Å². The molecule has 0 aliphatic carbocycles. The predicted molar refractivity (Wildman–Crippen MR) is 67.1 cm³/mol. The molecule has 0 aliphatic rings. The van der Waals surface area contributed by atoms with Gasteiger partial charge in [-0.1, -0.05) is 25.6 Å². The molecule has 80 valence electrons. The van der Waals surface area contributed by atoms with Crippen LogP contribution in [0.2, 0.25) is 0 Å². The molecule has 0 amide bonds. The third kappa shape index (κ3) is 3.92. The molecule has 0 aliphatic heterocycles. The van der Waals surface area contributed by atoms with Gasteiger partial charge in [0.1, 0.15) is 5.82 Å². The van der Waals surface area contributed by atoms with Crippen molar-refractivity contribution < 1.29 is 4.39 Å². The lowest BCUT2D eigenvalue weighted by molar-refractivity contribution is 0.627. The zero-order valence-corrected chi connectivity index (χ0v) is 9.90. The maximum atomic E-state index is 12.7. The zero-order chi connectivity index (χ0) is 11.3. The molecule has 1 rings (SSSR count). The molecule has 0 saturated carbocycles. The minimum Gasteiger partial charge on any atom is -0.207 e. The minimum absolute atomic E-state index is 0.197. The Hall–Kier alpha value is -1.02. The molecule has 0 saturated heterocycles. The lowest BCUT2D eigenvalue weighted by atomic mass is 10.1. The van der Waals surface area contributed by atoms with Crippen molar-refractivity contribution in [2.45, 2.75) is 20.3 Å². The first kappa shape index (κ1) is 12.1. The van der Waals surface area contributed by atoms with E-state index in [1.54, 1.807) is 23.9 Å². The van der Waals surface area contributed by atoms with Crippen LogP contribution >= 0.6 is 11.8 Å². The Morgan fingerprint density at radius 1 is 1.40 bits per heavy atom. The van der Waals surface area contributed by atoms with Crippen molar-refractivity contribution in [1.82, 2.24) is 0 Å². The van der Waals surface area contributed by atoms with Gasteiger partial charge in [-0.25, -0.2) is 4.39 Å². The summed E-state index contributed by atoms with van der Waals surface area (Å²) >= 11 is 1.63. The molecule has 0 spiro atoms. The molecule has 0 nitrogen and oxygen atoms in total. The first-order valence-electron chi connectivity index (χ1n) is 4.90. The van der Waals surface area contributed by atoms with E-state index in [1.165, 1.54) is 12.1 Å². The van der Waals surface area contributed by atoms with E-state index in [0.29, 0.717) is 0 Å². The molecule has 0 fully saturated rings. The van der Waals surface area contributed by atoms with Crippen LogP contribution in [0.3, 0.4) is 0 Å². The Morgan fingerprint density at radius 2 is 2.00 bits per heavy atom. The highest BCUT2D eigenvalue weighted by molar-refractivity contribution is 8.05. The van der Waals surface area contributed by atoms with Crippen molar-refractivity contribution in [2.75, 3.05) is 0 Å². The normalized spacial score (nSPS) is 11.5. The Labute approximate surface area is 94.9 Å². The fourth-order valence-corrected chi connectivity index (χ4v) is 1.68. The first-order valence-corrected chi connectivity index (χ1v) is 5.78. The van der Waals surface area contributed by atoms with Crippen LogP contribution in [-0.2, 0) is 0 Å². The molecule has 0 unspecified atom stereocenters. The second-order valence-corrected chi connectivity index (χ2v) is 4.37. The topological polar surface area (TPSA) is 0 Å². The molecular weight excluding hydrogens is 207 g/mol. The summed E-state index contributed by atoms with van der Waals surface area (Å²) in [5.41, 5.74) is 2.18. The molecule has 15 heavy (non-hydrogen) atoms. The van der Waals surface area contributed by atoms with Gasteiger partial charge in [-0.05, 0) is 46.9 Å². The van der Waals surface area contributed by atoms with Crippen LogP contribution in [0, 0.1) is 5.82 Å². The lowest BCUT2D eigenvalue weighted by Gasteiger charge is -2.02. The molecule has 0 atom stereocenters. The number of halogens is 1. The molecule has 2 heteroatoms. The molecular formula is C13H15FS. The van der Waals surface area contributed by atoms with Crippen molar-refractivity contribution in [3.05, 3.63) is 52.5 Å². The standard InChI is InChI=1S/C13H15FS/c1-4-11(3)15-9-10(2)12-5-7-13(14)8-6-12/h5-9H,3-4H2,1-2H3/b10-9+. The van der Waals surface area contributed by atoms with Gasteiger partial charge in [0.15, 0.2) is 0 Å². The summed E-state index contributed by atoms with van der Waals surface area (Å²) in [6.45, 7) is 8.01. The monoisotopic (exact) mass is 222 g/mol. The molecule has 0 radical (unpaired) electrons. The van der Waals surface area contributed by atoms with Gasteiger partial charge in [0.05, 0.1) is 0 Å². The van der Waals surface area contributed by atoms with Gasteiger partial charge < -0.3 is 0 Å². The summed E-state index contributed by atoms with van der Waals surface area (Å²) in [4.78, 5) is 1.14. The first-order chi connectivity index (χ1) is 7.13. The van der Waals surface area contributed by atoms with Gasteiger partial charge in [-0.3, -0.25) is 0 Å². The van der Waals surface area contributed by atoms with Crippen LogP contribution in [0.15, 0.2) is 41.2 Å². The largest absolute Gasteiger partial charge is 0.207 e. The van der Waals surface area contributed by atoms with Crippen LogP contribution in [0.1, 0.15) is 25.8 Å². The number of hydrogen-bond donors (Lipinski definition) is 0. The van der Waals surface area contributed by atoms with Gasteiger partial charge in [0, 0.05) is 0 Å². The molecule has 1 aromatic carbocycles. The van der Waals surface area contributed by atoms with E-state index in [1.807, 2.05) is 6.92 Å². The summed E-state index contributed by atoms with van der Waals surface area (Å²) in [7, 11) is 0. The molecule has 0 bridgehead atoms. The summed E-state index contributed by atoms with van der Waals surface area (Å²) in [6, 6.07) is 6.53. The quantitative estimate of drug-likeness (QED) is 0.702. The Bertz CT molecular complexity index is 363. The van der Waals surface area contributed by atoms with E-state index in [-0.39, 0.29) is 5.82 Å². The maximum absolute atomic E-state index is 12.7. The zero-order valence-electron chi connectivity index (χ0n) is 9.09. The molecule has 1 aromatic rings. The van der Waals surface area contributed by atoms with Crippen molar-refractivity contribution in [3.63, 3.8) is 0 Å². The van der Waals surface area contributed by atoms with E-state index in [2.05, 4.69) is 18.9 Å². The van der Waals surface area contributed by atoms with Gasteiger partial charge in [0.25, 0.3) is 0 Å². The molecule has 0 heterocycles.